The molecule has 0 atom stereocenters. The Morgan fingerprint density at radius 1 is 1.36 bits per heavy atom. The molecule has 0 aliphatic rings. The summed E-state index contributed by atoms with van der Waals surface area (Å²) < 4.78 is 25.8. The van der Waals surface area contributed by atoms with Gasteiger partial charge in [0.25, 0.3) is 5.69 Å². The summed E-state index contributed by atoms with van der Waals surface area (Å²) in [5.41, 5.74) is -0.571. The number of nitrogens with zero attached hydrogens (tertiary/aromatic N) is 1. The van der Waals surface area contributed by atoms with Crippen LogP contribution in [0.5, 0.6) is 0 Å². The third kappa shape index (κ3) is 1.87. The van der Waals surface area contributed by atoms with Gasteiger partial charge in [-0.15, -0.1) is 0 Å². The minimum atomic E-state index is -4.24. The van der Waals surface area contributed by atoms with Crippen molar-refractivity contribution in [2.24, 2.45) is 5.90 Å². The fraction of sp³-hybridized carbons (Fsp3) is 0. The molecule has 0 aromatic heterocycles. The Kier molecular flexibility index (Phi) is 2.79. The van der Waals surface area contributed by atoms with E-state index in [1.165, 1.54) is 12.1 Å². The van der Waals surface area contributed by atoms with E-state index < -0.39 is 25.6 Å². The van der Waals surface area contributed by atoms with Crippen molar-refractivity contribution in [3.05, 3.63) is 34.4 Å². The number of nitro groups is 1. The average molecular weight is 218 g/mol. The lowest BCUT2D eigenvalue weighted by molar-refractivity contribution is -0.387. The first-order chi connectivity index (χ1) is 6.49. The Bertz CT molecular complexity index is 455. The molecule has 0 saturated heterocycles. The van der Waals surface area contributed by atoms with Gasteiger partial charge < -0.3 is 0 Å². The molecule has 0 fully saturated rings. The third-order valence-electron chi connectivity index (χ3n) is 1.46. The van der Waals surface area contributed by atoms with Gasteiger partial charge >= 0.3 is 10.1 Å². The monoisotopic (exact) mass is 218 g/mol. The minimum Gasteiger partial charge on any atom is -0.258 e. The zero-order valence-corrected chi connectivity index (χ0v) is 7.60. The number of benzene rings is 1. The second-order valence-corrected chi connectivity index (χ2v) is 3.82. The lowest BCUT2D eigenvalue weighted by Crippen LogP contribution is -2.12. The molecular weight excluding hydrogens is 212 g/mol. The molecule has 0 bridgehead atoms. The Labute approximate surface area is 79.3 Å². The topological polar surface area (TPSA) is 113 Å². The van der Waals surface area contributed by atoms with Gasteiger partial charge in [-0.25, -0.2) is 0 Å². The van der Waals surface area contributed by atoms with Gasteiger partial charge in [0.1, 0.15) is 0 Å². The maximum Gasteiger partial charge on any atom is 0.319 e. The zero-order valence-electron chi connectivity index (χ0n) is 6.78. The van der Waals surface area contributed by atoms with E-state index in [0.717, 1.165) is 12.1 Å². The van der Waals surface area contributed by atoms with Crippen molar-refractivity contribution in [2.45, 2.75) is 4.90 Å². The predicted octanol–water partition coefficient (Wildman–Crippen LogP) is 0.174. The van der Waals surface area contributed by atoms with E-state index in [0.29, 0.717) is 0 Å². The summed E-state index contributed by atoms with van der Waals surface area (Å²) in [5.74, 6) is 4.50. The second-order valence-electron chi connectivity index (χ2n) is 2.28. The van der Waals surface area contributed by atoms with Crippen LogP contribution in [0.3, 0.4) is 0 Å². The highest BCUT2D eigenvalue weighted by Crippen LogP contribution is 2.23. The van der Waals surface area contributed by atoms with Crippen LogP contribution in [0.2, 0.25) is 0 Å². The third-order valence-corrected chi connectivity index (χ3v) is 2.60. The van der Waals surface area contributed by atoms with Crippen LogP contribution < -0.4 is 5.90 Å². The molecule has 0 heterocycles. The molecule has 0 saturated carbocycles. The molecule has 0 unspecified atom stereocenters. The fourth-order valence-corrected chi connectivity index (χ4v) is 1.62. The van der Waals surface area contributed by atoms with E-state index >= 15 is 0 Å². The van der Waals surface area contributed by atoms with E-state index in [2.05, 4.69) is 10.2 Å². The lowest BCUT2D eigenvalue weighted by atomic mass is 10.3. The Balaban J connectivity index is 3.42. The number of hydrogen-bond donors (Lipinski definition) is 1. The van der Waals surface area contributed by atoms with Gasteiger partial charge in [-0.3, -0.25) is 10.1 Å². The van der Waals surface area contributed by atoms with Crippen molar-refractivity contribution in [1.29, 1.82) is 0 Å². The highest BCUT2D eigenvalue weighted by Gasteiger charge is 2.25. The van der Waals surface area contributed by atoms with Crippen LogP contribution in [0.1, 0.15) is 0 Å². The summed E-state index contributed by atoms with van der Waals surface area (Å²) in [4.78, 5) is 9.04. The lowest BCUT2D eigenvalue weighted by Gasteiger charge is -2.00. The first kappa shape index (κ1) is 10.6. The van der Waals surface area contributed by atoms with Gasteiger partial charge in [-0.05, 0) is 6.07 Å². The molecule has 0 aliphatic heterocycles. The van der Waals surface area contributed by atoms with Gasteiger partial charge in [0, 0.05) is 6.07 Å². The number of nitrogens with two attached hydrogens (primary N) is 1. The summed E-state index contributed by atoms with van der Waals surface area (Å²) >= 11 is 0. The van der Waals surface area contributed by atoms with Crippen LogP contribution in [0.15, 0.2) is 29.2 Å². The van der Waals surface area contributed by atoms with Gasteiger partial charge in [0.15, 0.2) is 4.90 Å². The molecule has 14 heavy (non-hydrogen) atoms. The summed E-state index contributed by atoms with van der Waals surface area (Å²) in [6.45, 7) is 0. The van der Waals surface area contributed by atoms with Gasteiger partial charge in [-0.1, -0.05) is 12.1 Å². The van der Waals surface area contributed by atoms with Crippen LogP contribution in [0, 0.1) is 10.1 Å². The molecule has 2 N–H and O–H groups in total. The quantitative estimate of drug-likeness (QED) is 0.571. The Morgan fingerprint density at radius 3 is 2.43 bits per heavy atom. The van der Waals surface area contributed by atoms with Gasteiger partial charge in [0.05, 0.1) is 4.92 Å². The number of rotatable bonds is 3. The van der Waals surface area contributed by atoms with Crippen LogP contribution >= 0.6 is 0 Å². The van der Waals surface area contributed by atoms with Gasteiger partial charge in [-0.2, -0.15) is 18.6 Å². The molecule has 0 spiro atoms. The molecule has 8 heteroatoms. The first-order valence-electron chi connectivity index (χ1n) is 3.36. The molecule has 0 amide bonds. The van der Waals surface area contributed by atoms with Crippen molar-refractivity contribution in [1.82, 2.24) is 0 Å². The second kappa shape index (κ2) is 3.70. The molecule has 76 valence electrons. The standard InChI is InChI=1S/C6H6N2O5S/c7-13-14(11,12)6-4-2-1-3-5(6)8(9)10/h1-4H,7H2. The molecular formula is C6H6N2O5S. The van der Waals surface area contributed by atoms with Crippen molar-refractivity contribution in [3.63, 3.8) is 0 Å². The van der Waals surface area contributed by atoms with Gasteiger partial charge in [0.2, 0.25) is 0 Å². The predicted molar refractivity (Wildman–Crippen MR) is 45.6 cm³/mol. The van der Waals surface area contributed by atoms with E-state index in [1.807, 2.05) is 0 Å². The van der Waals surface area contributed by atoms with Crippen LogP contribution in [-0.2, 0) is 14.4 Å². The summed E-state index contributed by atoms with van der Waals surface area (Å²) in [7, 11) is -4.24. The largest absolute Gasteiger partial charge is 0.319 e. The van der Waals surface area contributed by atoms with Crippen molar-refractivity contribution < 1.29 is 17.6 Å². The van der Waals surface area contributed by atoms with Crippen LogP contribution in [0.4, 0.5) is 5.69 Å². The Morgan fingerprint density at radius 2 is 1.93 bits per heavy atom. The van der Waals surface area contributed by atoms with Crippen molar-refractivity contribution >= 4 is 15.8 Å². The summed E-state index contributed by atoms with van der Waals surface area (Å²) in [6, 6.07) is 4.76. The van der Waals surface area contributed by atoms with Crippen LogP contribution in [-0.4, -0.2) is 13.3 Å². The normalized spacial score (nSPS) is 11.2. The molecule has 0 radical (unpaired) electrons. The number of hydrogen-bond acceptors (Lipinski definition) is 6. The highest BCUT2D eigenvalue weighted by atomic mass is 32.2. The highest BCUT2D eigenvalue weighted by molar-refractivity contribution is 7.86. The number of para-hydroxylation sites is 1. The molecule has 0 aliphatic carbocycles. The van der Waals surface area contributed by atoms with E-state index in [-0.39, 0.29) is 0 Å². The van der Waals surface area contributed by atoms with Crippen LogP contribution in [0.25, 0.3) is 0 Å². The maximum absolute atomic E-state index is 11.1. The molecule has 1 aromatic carbocycles. The molecule has 1 rings (SSSR count). The number of nitro benzene ring substituents is 1. The molecule has 1 aromatic rings. The summed E-state index contributed by atoms with van der Waals surface area (Å²) in [6.07, 6.45) is 0. The smallest absolute Gasteiger partial charge is 0.258 e. The summed E-state index contributed by atoms with van der Waals surface area (Å²) in [5, 5.41) is 10.4. The minimum absolute atomic E-state index is 0.562. The average Bonchev–Trinajstić information content (AvgIpc) is 2.18. The van der Waals surface area contributed by atoms with E-state index in [9.17, 15) is 18.5 Å². The Hall–Kier alpha value is -1.51. The SMILES string of the molecule is NOS(=O)(=O)c1ccccc1[N+](=O)[O-]. The van der Waals surface area contributed by atoms with Crippen molar-refractivity contribution in [3.8, 4) is 0 Å². The van der Waals surface area contributed by atoms with E-state index in [1.54, 1.807) is 0 Å². The van der Waals surface area contributed by atoms with E-state index in [4.69, 9.17) is 0 Å². The molecule has 7 nitrogen and oxygen atoms in total. The van der Waals surface area contributed by atoms with Crippen molar-refractivity contribution in [2.75, 3.05) is 0 Å². The fourth-order valence-electron chi connectivity index (χ4n) is 0.871. The first-order valence-corrected chi connectivity index (χ1v) is 4.76. The maximum atomic E-state index is 11.1. The zero-order chi connectivity index (χ0) is 10.8.